The smallest absolute Gasteiger partial charge is 0.341 e. The summed E-state index contributed by atoms with van der Waals surface area (Å²) in [5, 5.41) is 1.04. The lowest BCUT2D eigenvalue weighted by atomic mass is 10.2. The van der Waals surface area contributed by atoms with Gasteiger partial charge >= 0.3 is 10.5 Å². The molecule has 0 saturated heterocycles. The number of furan rings is 1. The van der Waals surface area contributed by atoms with E-state index in [-0.39, 0.29) is 0 Å². The molecule has 2 rings (SSSR count). The third-order valence-corrected chi connectivity index (χ3v) is 1.77. The molecule has 53 valence electrons. The zero-order valence-corrected chi connectivity index (χ0v) is 6.70. The first-order chi connectivity index (χ1) is 5.42. The predicted octanol–water partition coefficient (Wildman–Crippen LogP) is 1.90. The average Bonchev–Trinajstić information content (AvgIpc) is 2.50. The highest BCUT2D eigenvalue weighted by atomic mass is 28.2. The minimum absolute atomic E-state index is 0.698. The standard InChI is InChI=1S/C8H5O2Si/c11-10-7-3-1-2-6-4-5-9-8(6)7/h1-5H. The van der Waals surface area contributed by atoms with Gasteiger partial charge in [-0.25, -0.2) is 0 Å². The highest BCUT2D eigenvalue weighted by Gasteiger charge is 2.01. The number of rotatable bonds is 1. The van der Waals surface area contributed by atoms with E-state index < -0.39 is 0 Å². The summed E-state index contributed by atoms with van der Waals surface area (Å²) in [4.78, 5) is 0. The van der Waals surface area contributed by atoms with Gasteiger partial charge in [0.05, 0.1) is 6.26 Å². The first-order valence-electron chi connectivity index (χ1n) is 3.21. The Labute approximate surface area is 67.3 Å². The lowest BCUT2D eigenvalue weighted by molar-refractivity contribution is 0.567. The van der Waals surface area contributed by atoms with Crippen LogP contribution < -0.4 is 4.43 Å². The van der Waals surface area contributed by atoms with Crippen molar-refractivity contribution in [3.05, 3.63) is 30.5 Å². The van der Waals surface area contributed by atoms with Crippen molar-refractivity contribution in [2.45, 2.75) is 0 Å². The Bertz CT molecular complexity index is 367. The Morgan fingerprint density at radius 1 is 1.27 bits per heavy atom. The Balaban J connectivity index is 2.79. The summed E-state index contributed by atoms with van der Waals surface area (Å²) >= 11 is 0. The van der Waals surface area contributed by atoms with Gasteiger partial charge in [0, 0.05) is 5.39 Å². The van der Waals surface area contributed by atoms with E-state index in [1.165, 1.54) is 0 Å². The van der Waals surface area contributed by atoms with E-state index in [0.29, 0.717) is 5.75 Å². The molecule has 1 aromatic carbocycles. The number of hydrogen-bond acceptors (Lipinski definition) is 2. The van der Waals surface area contributed by atoms with Gasteiger partial charge < -0.3 is 8.84 Å². The second-order valence-electron chi connectivity index (χ2n) is 2.20. The van der Waals surface area contributed by atoms with Gasteiger partial charge in [0.25, 0.3) is 0 Å². The molecule has 0 aliphatic rings. The Morgan fingerprint density at radius 2 is 2.18 bits per heavy atom. The molecule has 0 spiro atoms. The van der Waals surface area contributed by atoms with Gasteiger partial charge in [-0.3, -0.25) is 0 Å². The largest absolute Gasteiger partial charge is 0.538 e. The molecule has 0 amide bonds. The third-order valence-electron chi connectivity index (χ3n) is 1.55. The molecule has 0 aliphatic carbocycles. The SMILES string of the molecule is [Si]Oc1cccc2ccoc12. The topological polar surface area (TPSA) is 22.4 Å². The first kappa shape index (κ1) is 6.48. The Kier molecular flexibility index (Phi) is 1.43. The van der Waals surface area contributed by atoms with Gasteiger partial charge in [-0.2, -0.15) is 0 Å². The van der Waals surface area contributed by atoms with Crippen LogP contribution in [0.25, 0.3) is 11.0 Å². The van der Waals surface area contributed by atoms with Gasteiger partial charge in [0.2, 0.25) is 0 Å². The van der Waals surface area contributed by atoms with E-state index in [4.69, 9.17) is 8.84 Å². The minimum atomic E-state index is 0.698. The van der Waals surface area contributed by atoms with Crippen LogP contribution >= 0.6 is 0 Å². The number of benzene rings is 1. The van der Waals surface area contributed by atoms with Gasteiger partial charge in [-0.05, 0) is 12.1 Å². The van der Waals surface area contributed by atoms with Crippen LogP contribution in [0.3, 0.4) is 0 Å². The molecule has 3 radical (unpaired) electrons. The van der Waals surface area contributed by atoms with Crippen molar-refractivity contribution in [1.82, 2.24) is 0 Å². The monoisotopic (exact) mass is 161 g/mol. The second-order valence-corrected chi connectivity index (χ2v) is 2.40. The van der Waals surface area contributed by atoms with Crippen molar-refractivity contribution < 1.29 is 8.84 Å². The average molecular weight is 161 g/mol. The van der Waals surface area contributed by atoms with E-state index in [1.54, 1.807) is 6.26 Å². The van der Waals surface area contributed by atoms with Crippen LogP contribution in [0.4, 0.5) is 0 Å². The maximum atomic E-state index is 5.18. The van der Waals surface area contributed by atoms with Crippen molar-refractivity contribution in [1.29, 1.82) is 0 Å². The molecule has 0 N–H and O–H groups in total. The van der Waals surface area contributed by atoms with E-state index in [2.05, 4.69) is 10.5 Å². The summed E-state index contributed by atoms with van der Waals surface area (Å²) in [7, 11) is 2.95. The summed E-state index contributed by atoms with van der Waals surface area (Å²) in [6.07, 6.45) is 1.64. The first-order valence-corrected chi connectivity index (χ1v) is 3.62. The molecule has 1 heterocycles. The number of fused-ring (bicyclic) bond motifs is 1. The lowest BCUT2D eigenvalue weighted by Crippen LogP contribution is -1.83. The van der Waals surface area contributed by atoms with Gasteiger partial charge in [-0.15, -0.1) is 0 Å². The fourth-order valence-corrected chi connectivity index (χ4v) is 1.21. The molecule has 11 heavy (non-hydrogen) atoms. The van der Waals surface area contributed by atoms with E-state index in [9.17, 15) is 0 Å². The Hall–Kier alpha value is -1.22. The summed E-state index contributed by atoms with van der Waals surface area (Å²) in [6.45, 7) is 0. The fraction of sp³-hybridized carbons (Fsp3) is 0. The predicted molar refractivity (Wildman–Crippen MR) is 42.6 cm³/mol. The quantitative estimate of drug-likeness (QED) is 0.596. The minimum Gasteiger partial charge on any atom is -0.538 e. The molecule has 0 aliphatic heterocycles. The van der Waals surface area contributed by atoms with Crippen molar-refractivity contribution in [3.63, 3.8) is 0 Å². The van der Waals surface area contributed by atoms with E-state index in [1.807, 2.05) is 24.3 Å². The maximum Gasteiger partial charge on any atom is 0.341 e. The highest BCUT2D eigenvalue weighted by Crippen LogP contribution is 2.25. The second kappa shape index (κ2) is 2.43. The zero-order valence-electron chi connectivity index (χ0n) is 5.70. The molecular formula is C8H5O2Si. The van der Waals surface area contributed by atoms with E-state index in [0.717, 1.165) is 11.0 Å². The number of para-hydroxylation sites is 1. The number of hydrogen-bond donors (Lipinski definition) is 0. The summed E-state index contributed by atoms with van der Waals surface area (Å²) < 4.78 is 10.1. The molecular weight excluding hydrogens is 156 g/mol. The molecule has 0 fully saturated rings. The van der Waals surface area contributed by atoms with Crippen molar-refractivity contribution >= 4 is 21.5 Å². The van der Waals surface area contributed by atoms with Gasteiger partial charge in [0.1, 0.15) is 5.75 Å². The van der Waals surface area contributed by atoms with Crippen molar-refractivity contribution in [2.75, 3.05) is 0 Å². The summed E-state index contributed by atoms with van der Waals surface area (Å²) in [6, 6.07) is 7.60. The van der Waals surface area contributed by atoms with Crippen LogP contribution in [0.1, 0.15) is 0 Å². The van der Waals surface area contributed by atoms with Gasteiger partial charge in [0.15, 0.2) is 5.58 Å². The molecule has 2 nitrogen and oxygen atoms in total. The van der Waals surface area contributed by atoms with Crippen LogP contribution in [0.5, 0.6) is 5.75 Å². The Morgan fingerprint density at radius 3 is 3.00 bits per heavy atom. The van der Waals surface area contributed by atoms with Gasteiger partial charge in [-0.1, -0.05) is 12.1 Å². The van der Waals surface area contributed by atoms with Crippen LogP contribution in [0.15, 0.2) is 34.9 Å². The third kappa shape index (κ3) is 0.934. The zero-order chi connectivity index (χ0) is 7.68. The molecule has 0 atom stereocenters. The molecule has 0 unspecified atom stereocenters. The van der Waals surface area contributed by atoms with Crippen molar-refractivity contribution in [2.24, 2.45) is 0 Å². The van der Waals surface area contributed by atoms with Crippen LogP contribution in [-0.4, -0.2) is 10.5 Å². The van der Waals surface area contributed by atoms with Crippen LogP contribution in [0.2, 0.25) is 0 Å². The lowest BCUT2D eigenvalue weighted by Gasteiger charge is -1.97. The van der Waals surface area contributed by atoms with Crippen LogP contribution in [-0.2, 0) is 0 Å². The maximum absolute atomic E-state index is 5.18. The fourth-order valence-electron chi connectivity index (χ4n) is 1.05. The molecule has 2 aromatic rings. The molecule has 0 bridgehead atoms. The highest BCUT2D eigenvalue weighted by molar-refractivity contribution is 6.01. The van der Waals surface area contributed by atoms with Crippen molar-refractivity contribution in [3.8, 4) is 5.75 Å². The molecule has 3 heteroatoms. The van der Waals surface area contributed by atoms with E-state index >= 15 is 0 Å². The molecule has 0 saturated carbocycles. The van der Waals surface area contributed by atoms with Crippen LogP contribution in [0, 0.1) is 0 Å². The summed E-state index contributed by atoms with van der Waals surface area (Å²) in [5.41, 5.74) is 0.766. The normalized spacial score (nSPS) is 10.3. The molecule has 1 aromatic heterocycles. The summed E-state index contributed by atoms with van der Waals surface area (Å²) in [5.74, 6) is 0.698.